The quantitative estimate of drug-likeness (QED) is 0.205. The number of nitrogens with one attached hydrogen (secondary N) is 2. The van der Waals surface area contributed by atoms with Gasteiger partial charge in [-0.15, -0.1) is 9.03 Å². The van der Waals surface area contributed by atoms with Crippen LogP contribution >= 0.6 is 45.6 Å². The van der Waals surface area contributed by atoms with Crippen molar-refractivity contribution < 1.29 is 36.2 Å². The zero-order chi connectivity index (χ0) is 31.0. The topological polar surface area (TPSA) is 179 Å². The van der Waals surface area contributed by atoms with Crippen molar-refractivity contribution in [2.75, 3.05) is 92.1 Å². The van der Waals surface area contributed by atoms with Crippen molar-refractivity contribution in [3.05, 3.63) is 0 Å². The zero-order valence-corrected chi connectivity index (χ0v) is 31.4. The van der Waals surface area contributed by atoms with Gasteiger partial charge in [0, 0.05) is 39.3 Å². The van der Waals surface area contributed by atoms with Gasteiger partial charge < -0.3 is 36.2 Å². The summed E-state index contributed by atoms with van der Waals surface area (Å²) in [5.74, 6) is 0. The first-order chi connectivity index (χ1) is 22.5. The highest BCUT2D eigenvalue weighted by molar-refractivity contribution is 7.81. The third-order valence-corrected chi connectivity index (χ3v) is 27.4. The molecule has 8 aliphatic rings. The van der Waals surface area contributed by atoms with Gasteiger partial charge in [0.05, 0.1) is 52.9 Å². The van der Waals surface area contributed by atoms with Gasteiger partial charge in [-0.3, -0.25) is 10.2 Å². The molecule has 8 rings (SSSR count). The fraction of sp³-hybridized carbons (Fsp3) is 1.00. The number of rotatable bonds is 5. The number of hydrogen-bond donors (Lipinski definition) is 2. The lowest BCUT2D eigenvalue weighted by Crippen LogP contribution is -2.38. The van der Waals surface area contributed by atoms with Crippen LogP contribution in [0.15, 0.2) is 27.1 Å². The van der Waals surface area contributed by atoms with Crippen LogP contribution in [0.25, 0.3) is 0 Å². The first-order valence-electron chi connectivity index (χ1n) is 16.5. The Labute approximate surface area is 271 Å². The minimum atomic E-state index is -2.89. The van der Waals surface area contributed by atoms with Crippen LogP contribution in [0.1, 0.15) is 51.4 Å². The molecule has 0 amide bonds. The average Bonchev–Trinajstić information content (AvgIpc) is 3.05. The lowest BCUT2D eigenvalue weighted by molar-refractivity contribution is 0.162. The van der Waals surface area contributed by atoms with Crippen molar-refractivity contribution in [3.8, 4) is 0 Å². The third kappa shape index (κ3) is 6.91. The van der Waals surface area contributed by atoms with Gasteiger partial charge in [0.15, 0.2) is 0 Å². The molecule has 6 spiro atoms. The Bertz CT molecular complexity index is 1340. The standard InChI is InChI=1S/C22H46N10O8P6/c1(11-31-13-3-9-23-41(31)25-43(33-15-5-16-34-43)29-44(26-41)35-17-6-18-36-44)2-12-32-14-4-10-24-42(32)27-45(37-19-7-20-38-45)30-46(28-42)39-21-8-22-40-46/h23-24H,1-22H2. The molecule has 0 aliphatic carbocycles. The smallest absolute Gasteiger partial charge is 0.306 e. The van der Waals surface area contributed by atoms with Crippen molar-refractivity contribution >= 4 is 45.6 Å². The van der Waals surface area contributed by atoms with Gasteiger partial charge in [-0.25, -0.2) is 9.34 Å². The second-order valence-electron chi connectivity index (χ2n) is 11.9. The molecule has 46 heavy (non-hydrogen) atoms. The molecule has 2 unspecified atom stereocenters. The molecule has 8 aliphatic heterocycles. The molecular weight excluding hydrogens is 718 g/mol. The van der Waals surface area contributed by atoms with Crippen molar-refractivity contribution in [2.45, 2.75) is 51.4 Å². The normalized spacial score (nSPS) is 36.8. The second kappa shape index (κ2) is 14.1. The SMILES string of the molecule is C1COP2(=NP3(=NP4(=N2)NCCCN4CCCCN2CCCNP24=NP2(=NP5(=N4)OCCCO5)OCCCO2)OCCCO3)OC1. The Hall–Kier alpha value is 0.900. The van der Waals surface area contributed by atoms with Crippen molar-refractivity contribution in [3.63, 3.8) is 0 Å². The molecule has 0 bridgehead atoms. The van der Waals surface area contributed by atoms with E-state index >= 15 is 0 Å². The number of unbranched alkanes of at least 4 members (excludes halogenated alkanes) is 1. The van der Waals surface area contributed by atoms with Crippen LogP contribution in [0.5, 0.6) is 0 Å². The Morgan fingerprint density at radius 3 is 1.09 bits per heavy atom. The molecule has 0 aromatic carbocycles. The summed E-state index contributed by atoms with van der Waals surface area (Å²) in [6, 6.07) is 0. The predicted molar refractivity (Wildman–Crippen MR) is 180 cm³/mol. The molecule has 0 aromatic rings. The highest BCUT2D eigenvalue weighted by atomic mass is 31.3. The third-order valence-electron chi connectivity index (χ3n) is 8.34. The molecule has 2 N–H and O–H groups in total. The number of nitrogens with zero attached hydrogens (tertiary/aromatic N) is 8. The van der Waals surface area contributed by atoms with Crippen LogP contribution in [-0.4, -0.2) is 101 Å². The Balaban J connectivity index is 1.03. The van der Waals surface area contributed by atoms with E-state index in [0.717, 1.165) is 90.6 Å². The van der Waals surface area contributed by atoms with Gasteiger partial charge in [0.25, 0.3) is 0 Å². The van der Waals surface area contributed by atoms with Gasteiger partial charge in [-0.2, -0.15) is 18.1 Å². The first-order valence-corrected chi connectivity index (χ1v) is 25.9. The van der Waals surface area contributed by atoms with Gasteiger partial charge in [-0.1, -0.05) is 0 Å². The van der Waals surface area contributed by atoms with Crippen molar-refractivity contribution in [2.24, 2.45) is 27.1 Å². The molecule has 262 valence electrons. The molecule has 6 saturated heterocycles. The largest absolute Gasteiger partial charge is 0.347 e. The van der Waals surface area contributed by atoms with Crippen LogP contribution < -0.4 is 10.2 Å². The summed E-state index contributed by atoms with van der Waals surface area (Å²) in [4.78, 5) is 0. The van der Waals surface area contributed by atoms with E-state index < -0.39 is 45.6 Å². The molecule has 0 saturated carbocycles. The summed E-state index contributed by atoms with van der Waals surface area (Å²) in [6.07, 6.45) is 7.19. The summed E-state index contributed by atoms with van der Waals surface area (Å²) in [7, 11) is -16.8. The van der Waals surface area contributed by atoms with Crippen LogP contribution in [-0.2, 0) is 36.2 Å². The summed E-state index contributed by atoms with van der Waals surface area (Å²) in [5.41, 5.74) is 0. The van der Waals surface area contributed by atoms with Gasteiger partial charge in [0.2, 0.25) is 15.0 Å². The summed E-state index contributed by atoms with van der Waals surface area (Å²) in [6.45, 7) is 9.58. The Morgan fingerprint density at radius 1 is 0.413 bits per heavy atom. The Morgan fingerprint density at radius 2 is 0.739 bits per heavy atom. The van der Waals surface area contributed by atoms with Gasteiger partial charge >= 0.3 is 30.6 Å². The maximum Gasteiger partial charge on any atom is 0.347 e. The summed E-state index contributed by atoms with van der Waals surface area (Å²) < 4.78 is 85.4. The highest BCUT2D eigenvalue weighted by Gasteiger charge is 2.48. The minimum absolute atomic E-state index is 0.568. The van der Waals surface area contributed by atoms with Gasteiger partial charge in [-0.05, 0) is 51.4 Å². The fourth-order valence-corrected chi connectivity index (χ4v) is 28.7. The zero-order valence-electron chi connectivity index (χ0n) is 26.1. The summed E-state index contributed by atoms with van der Waals surface area (Å²) >= 11 is 0. The maximum atomic E-state index is 6.22. The monoisotopic (exact) mass is 764 g/mol. The van der Waals surface area contributed by atoms with Crippen molar-refractivity contribution in [1.82, 2.24) is 19.5 Å². The molecular formula is C22H46N10O8P6. The predicted octanol–water partition coefficient (Wildman–Crippen LogP) is 7.81. The lowest BCUT2D eigenvalue weighted by atomic mass is 10.3. The molecule has 18 nitrogen and oxygen atoms in total. The first kappa shape index (κ1) is 34.0. The highest BCUT2D eigenvalue weighted by Crippen LogP contribution is 2.82. The molecule has 0 aromatic heterocycles. The summed E-state index contributed by atoms with van der Waals surface area (Å²) in [5, 5.41) is 7.41. The van der Waals surface area contributed by atoms with E-state index in [4.69, 9.17) is 63.3 Å². The maximum absolute atomic E-state index is 6.22. The van der Waals surface area contributed by atoms with E-state index in [2.05, 4.69) is 19.5 Å². The minimum Gasteiger partial charge on any atom is -0.306 e. The second-order valence-corrected chi connectivity index (χ2v) is 26.2. The number of hydrogen-bond acceptors (Lipinski definition) is 18. The molecule has 0 radical (unpaired) electrons. The molecule has 24 heteroatoms. The van der Waals surface area contributed by atoms with Crippen LogP contribution in [0.4, 0.5) is 0 Å². The van der Waals surface area contributed by atoms with E-state index in [1.54, 1.807) is 0 Å². The van der Waals surface area contributed by atoms with Gasteiger partial charge in [0.1, 0.15) is 0 Å². The van der Waals surface area contributed by atoms with E-state index in [0.29, 0.717) is 52.9 Å². The molecule has 2 atom stereocenters. The van der Waals surface area contributed by atoms with Crippen LogP contribution in [0.2, 0.25) is 0 Å². The van der Waals surface area contributed by atoms with Crippen molar-refractivity contribution in [1.29, 1.82) is 0 Å². The molecule has 8 heterocycles. The van der Waals surface area contributed by atoms with Crippen LogP contribution in [0, 0.1) is 0 Å². The lowest BCUT2D eigenvalue weighted by Gasteiger charge is -2.44. The van der Waals surface area contributed by atoms with E-state index in [1.807, 2.05) is 0 Å². The van der Waals surface area contributed by atoms with E-state index in [-0.39, 0.29) is 0 Å². The molecule has 6 fully saturated rings. The Kier molecular flexibility index (Phi) is 10.5. The van der Waals surface area contributed by atoms with E-state index in [9.17, 15) is 0 Å². The fourth-order valence-electron chi connectivity index (χ4n) is 6.19. The average molecular weight is 765 g/mol. The van der Waals surface area contributed by atoms with Crippen LogP contribution in [0.3, 0.4) is 0 Å². The van der Waals surface area contributed by atoms with E-state index in [1.165, 1.54) is 0 Å².